The molecule has 0 aliphatic carbocycles. The minimum atomic E-state index is 0.745. The van der Waals surface area contributed by atoms with E-state index in [4.69, 9.17) is 16.3 Å². The van der Waals surface area contributed by atoms with Gasteiger partial charge in [-0.15, -0.1) is 10.2 Å². The number of nitrogens with zero attached hydrogens (tertiary/aromatic N) is 4. The van der Waals surface area contributed by atoms with Crippen molar-refractivity contribution in [1.82, 2.24) is 14.8 Å². The third-order valence-corrected chi connectivity index (χ3v) is 4.86. The van der Waals surface area contributed by atoms with Crippen LogP contribution < -0.4 is 4.90 Å². The summed E-state index contributed by atoms with van der Waals surface area (Å²) < 4.78 is 7.40. The van der Waals surface area contributed by atoms with Gasteiger partial charge < -0.3 is 9.64 Å². The number of hydrogen-bond donors (Lipinski definition) is 0. The van der Waals surface area contributed by atoms with Crippen molar-refractivity contribution < 1.29 is 4.74 Å². The van der Waals surface area contributed by atoms with Gasteiger partial charge in [0.25, 0.3) is 0 Å². The van der Waals surface area contributed by atoms with Gasteiger partial charge in [-0.1, -0.05) is 41.6 Å². The lowest BCUT2D eigenvalue weighted by Gasteiger charge is -2.27. The number of halogens is 1. The molecule has 112 valence electrons. The standard InChI is InChI=1S/C14H17ClN4OS/c1-18-13(19-6-8-20-9-7-19)16-17-14(18)21-10-11-4-2-3-5-12(11)15/h2-5H,6-10H2,1H3. The van der Waals surface area contributed by atoms with E-state index in [1.54, 1.807) is 11.8 Å². The first kappa shape index (κ1) is 14.7. The Morgan fingerprint density at radius 3 is 2.76 bits per heavy atom. The Hall–Kier alpha value is -1.24. The Bertz CT molecular complexity index is 613. The fourth-order valence-corrected chi connectivity index (χ4v) is 3.42. The van der Waals surface area contributed by atoms with Gasteiger partial charge in [-0.05, 0) is 11.6 Å². The molecule has 1 fully saturated rings. The average molecular weight is 325 g/mol. The van der Waals surface area contributed by atoms with Gasteiger partial charge in [0.15, 0.2) is 5.16 Å². The Kier molecular flexibility index (Phi) is 4.67. The molecular weight excluding hydrogens is 308 g/mol. The van der Waals surface area contributed by atoms with Crippen LogP contribution in [0.5, 0.6) is 0 Å². The number of aromatic nitrogens is 3. The molecule has 0 spiro atoms. The molecule has 0 bridgehead atoms. The lowest BCUT2D eigenvalue weighted by atomic mass is 10.2. The first-order valence-corrected chi connectivity index (χ1v) is 8.20. The number of hydrogen-bond acceptors (Lipinski definition) is 5. The van der Waals surface area contributed by atoms with Crippen molar-refractivity contribution in [3.8, 4) is 0 Å². The van der Waals surface area contributed by atoms with Crippen molar-refractivity contribution in [2.24, 2.45) is 7.05 Å². The third-order valence-electron chi connectivity index (χ3n) is 3.42. The minimum Gasteiger partial charge on any atom is -0.378 e. The molecule has 1 aromatic carbocycles. The van der Waals surface area contributed by atoms with Crippen LogP contribution in [-0.4, -0.2) is 41.1 Å². The second-order valence-corrected chi connectivity index (χ2v) is 6.17. The van der Waals surface area contributed by atoms with Gasteiger partial charge in [-0.2, -0.15) is 0 Å². The quantitative estimate of drug-likeness (QED) is 0.809. The summed E-state index contributed by atoms with van der Waals surface area (Å²) in [6, 6.07) is 7.88. The maximum atomic E-state index is 6.18. The van der Waals surface area contributed by atoms with E-state index in [1.807, 2.05) is 35.9 Å². The first-order chi connectivity index (χ1) is 10.3. The van der Waals surface area contributed by atoms with Crippen molar-refractivity contribution in [2.45, 2.75) is 10.9 Å². The number of thioether (sulfide) groups is 1. The van der Waals surface area contributed by atoms with Crippen LogP contribution in [-0.2, 0) is 17.5 Å². The number of morpholine rings is 1. The summed E-state index contributed by atoms with van der Waals surface area (Å²) in [7, 11) is 2.00. The average Bonchev–Trinajstić information content (AvgIpc) is 2.88. The highest BCUT2D eigenvalue weighted by molar-refractivity contribution is 7.98. The van der Waals surface area contributed by atoms with Crippen molar-refractivity contribution in [3.05, 3.63) is 34.9 Å². The van der Waals surface area contributed by atoms with Crippen LogP contribution in [0, 0.1) is 0 Å². The van der Waals surface area contributed by atoms with E-state index in [2.05, 4.69) is 15.1 Å². The molecule has 0 saturated carbocycles. The van der Waals surface area contributed by atoms with E-state index in [-0.39, 0.29) is 0 Å². The highest BCUT2D eigenvalue weighted by Crippen LogP contribution is 2.27. The topological polar surface area (TPSA) is 43.2 Å². The smallest absolute Gasteiger partial charge is 0.227 e. The molecule has 2 heterocycles. The molecule has 0 radical (unpaired) electrons. The Morgan fingerprint density at radius 2 is 2.00 bits per heavy atom. The summed E-state index contributed by atoms with van der Waals surface area (Å²) in [5.41, 5.74) is 1.11. The van der Waals surface area contributed by atoms with E-state index >= 15 is 0 Å². The summed E-state index contributed by atoms with van der Waals surface area (Å²) in [4.78, 5) is 2.20. The van der Waals surface area contributed by atoms with E-state index in [1.165, 1.54) is 0 Å². The van der Waals surface area contributed by atoms with Crippen LogP contribution in [0.2, 0.25) is 5.02 Å². The fraction of sp³-hybridized carbons (Fsp3) is 0.429. The Labute approximate surface area is 133 Å². The van der Waals surface area contributed by atoms with Gasteiger partial charge in [0.2, 0.25) is 5.95 Å². The summed E-state index contributed by atoms with van der Waals surface area (Å²) in [5.74, 6) is 1.69. The second-order valence-electron chi connectivity index (χ2n) is 4.82. The molecule has 0 atom stereocenters. The van der Waals surface area contributed by atoms with Gasteiger partial charge in [-0.25, -0.2) is 0 Å². The molecule has 1 aliphatic rings. The zero-order valence-corrected chi connectivity index (χ0v) is 13.4. The second kappa shape index (κ2) is 6.68. The highest BCUT2D eigenvalue weighted by atomic mass is 35.5. The molecule has 1 aliphatic heterocycles. The summed E-state index contributed by atoms with van der Waals surface area (Å²) in [6.45, 7) is 3.21. The summed E-state index contributed by atoms with van der Waals surface area (Å²) in [6.07, 6.45) is 0. The van der Waals surface area contributed by atoms with Crippen LogP contribution in [0.25, 0.3) is 0 Å². The molecular formula is C14H17ClN4OS. The number of anilines is 1. The van der Waals surface area contributed by atoms with E-state index < -0.39 is 0 Å². The van der Waals surface area contributed by atoms with Crippen LogP contribution in [0.3, 0.4) is 0 Å². The molecule has 0 amide bonds. The molecule has 7 heteroatoms. The van der Waals surface area contributed by atoms with Gasteiger partial charge in [0.05, 0.1) is 13.2 Å². The molecule has 2 aromatic rings. The molecule has 5 nitrogen and oxygen atoms in total. The molecule has 3 rings (SSSR count). The summed E-state index contributed by atoms with van der Waals surface area (Å²) >= 11 is 7.83. The zero-order chi connectivity index (χ0) is 14.7. The van der Waals surface area contributed by atoms with Crippen LogP contribution in [0.1, 0.15) is 5.56 Å². The highest BCUT2D eigenvalue weighted by Gasteiger charge is 2.18. The van der Waals surface area contributed by atoms with Crippen molar-refractivity contribution in [2.75, 3.05) is 31.2 Å². The predicted octanol–water partition coefficient (Wildman–Crippen LogP) is 2.60. The zero-order valence-electron chi connectivity index (χ0n) is 11.8. The SMILES string of the molecule is Cn1c(SCc2ccccc2Cl)nnc1N1CCOCC1. The predicted molar refractivity (Wildman–Crippen MR) is 85.0 cm³/mol. The number of ether oxygens (including phenoxy) is 1. The van der Waals surface area contributed by atoms with E-state index in [9.17, 15) is 0 Å². The third kappa shape index (κ3) is 3.33. The maximum Gasteiger partial charge on any atom is 0.227 e. The molecule has 0 unspecified atom stereocenters. The Balaban J connectivity index is 1.69. The molecule has 1 saturated heterocycles. The van der Waals surface area contributed by atoms with Crippen LogP contribution in [0.4, 0.5) is 5.95 Å². The minimum absolute atomic E-state index is 0.745. The number of rotatable bonds is 4. The summed E-state index contributed by atoms with van der Waals surface area (Å²) in [5, 5.41) is 10.3. The molecule has 21 heavy (non-hydrogen) atoms. The van der Waals surface area contributed by atoms with Crippen molar-refractivity contribution in [3.63, 3.8) is 0 Å². The van der Waals surface area contributed by atoms with Gasteiger partial charge in [-0.3, -0.25) is 4.57 Å². The van der Waals surface area contributed by atoms with Gasteiger partial charge >= 0.3 is 0 Å². The monoisotopic (exact) mass is 324 g/mol. The van der Waals surface area contributed by atoms with E-state index in [0.717, 1.165) is 53.7 Å². The lowest BCUT2D eigenvalue weighted by molar-refractivity contribution is 0.121. The largest absolute Gasteiger partial charge is 0.378 e. The van der Waals surface area contributed by atoms with Crippen LogP contribution in [0.15, 0.2) is 29.4 Å². The van der Waals surface area contributed by atoms with Gasteiger partial charge in [0.1, 0.15) is 0 Å². The van der Waals surface area contributed by atoms with Crippen molar-refractivity contribution >= 4 is 29.3 Å². The van der Waals surface area contributed by atoms with Crippen LogP contribution >= 0.6 is 23.4 Å². The lowest BCUT2D eigenvalue weighted by Crippen LogP contribution is -2.37. The molecule has 0 N–H and O–H groups in total. The van der Waals surface area contributed by atoms with Crippen molar-refractivity contribution in [1.29, 1.82) is 0 Å². The number of benzene rings is 1. The van der Waals surface area contributed by atoms with E-state index in [0.29, 0.717) is 0 Å². The first-order valence-electron chi connectivity index (χ1n) is 6.84. The Morgan fingerprint density at radius 1 is 1.24 bits per heavy atom. The fourth-order valence-electron chi connectivity index (χ4n) is 2.23. The normalized spacial score (nSPS) is 15.4. The maximum absolute atomic E-state index is 6.18. The molecule has 1 aromatic heterocycles. The van der Waals surface area contributed by atoms with Gasteiger partial charge in [0, 0.05) is 30.9 Å².